The molecule has 2 atom stereocenters. The van der Waals surface area contributed by atoms with E-state index in [9.17, 15) is 4.79 Å². The molecule has 2 fully saturated rings. The van der Waals surface area contributed by atoms with E-state index >= 15 is 0 Å². The predicted octanol–water partition coefficient (Wildman–Crippen LogP) is 0.587. The van der Waals surface area contributed by atoms with Gasteiger partial charge in [-0.15, -0.1) is 0 Å². The van der Waals surface area contributed by atoms with Crippen molar-refractivity contribution in [3.8, 4) is 6.07 Å². The Labute approximate surface area is 81.2 Å². The van der Waals surface area contributed by atoms with Gasteiger partial charge in [-0.3, -0.25) is 4.90 Å². The zero-order valence-electron chi connectivity index (χ0n) is 7.51. The van der Waals surface area contributed by atoms with Crippen molar-refractivity contribution in [2.45, 2.75) is 18.5 Å². The Bertz CT molecular complexity index is 331. The van der Waals surface area contributed by atoms with Gasteiger partial charge in [0, 0.05) is 6.08 Å². The average molecular weight is 194 g/mol. The van der Waals surface area contributed by atoms with E-state index in [-0.39, 0.29) is 12.1 Å². The van der Waals surface area contributed by atoms with Crippen LogP contribution in [0, 0.1) is 11.3 Å². The van der Waals surface area contributed by atoms with Crippen molar-refractivity contribution >= 4 is 6.09 Å². The van der Waals surface area contributed by atoms with Crippen LogP contribution in [0.5, 0.6) is 0 Å². The molecule has 2 rings (SSSR count). The molecule has 74 valence electrons. The summed E-state index contributed by atoms with van der Waals surface area (Å²) in [5, 5.41) is 17.5. The van der Waals surface area contributed by atoms with Crippen LogP contribution in [-0.2, 0) is 4.74 Å². The highest BCUT2D eigenvalue weighted by Crippen LogP contribution is 2.33. The van der Waals surface area contributed by atoms with Gasteiger partial charge in [0.15, 0.2) is 0 Å². The summed E-state index contributed by atoms with van der Waals surface area (Å²) in [6.07, 6.45) is 1.14. The van der Waals surface area contributed by atoms with E-state index in [1.807, 2.05) is 6.07 Å². The summed E-state index contributed by atoms with van der Waals surface area (Å²) >= 11 is 0. The largest absolute Gasteiger partial charge is 0.465 e. The van der Waals surface area contributed by atoms with Gasteiger partial charge in [0.2, 0.25) is 0 Å². The lowest BCUT2D eigenvalue weighted by Crippen LogP contribution is -2.48. The lowest BCUT2D eigenvalue weighted by Gasteiger charge is -2.31. The standard InChI is InChI=1S/C9H10N2O3/c10-2-1-6-3-7-4-14-5-8(6)11(7)9(12)13/h1,7-8H,3-5H2,(H,12,13). The SMILES string of the molecule is N#CC=C1CC2COCC1N2C(=O)O. The van der Waals surface area contributed by atoms with E-state index in [0.29, 0.717) is 19.6 Å². The molecule has 5 nitrogen and oxygen atoms in total. The molecule has 1 N–H and O–H groups in total. The minimum absolute atomic E-state index is 0.106. The molecule has 0 aliphatic carbocycles. The summed E-state index contributed by atoms with van der Waals surface area (Å²) in [6, 6.07) is 1.59. The van der Waals surface area contributed by atoms with E-state index in [0.717, 1.165) is 5.57 Å². The maximum Gasteiger partial charge on any atom is 0.408 e. The molecule has 2 unspecified atom stereocenters. The molecular formula is C9H10N2O3. The molecule has 2 aliphatic rings. The fourth-order valence-electron chi connectivity index (χ4n) is 2.11. The quantitative estimate of drug-likeness (QED) is 0.572. The molecule has 1 amide bonds. The number of nitriles is 1. The molecule has 2 aliphatic heterocycles. The van der Waals surface area contributed by atoms with Crippen LogP contribution in [-0.4, -0.2) is 41.4 Å². The number of morpholine rings is 1. The Morgan fingerprint density at radius 1 is 1.71 bits per heavy atom. The average Bonchev–Trinajstić information content (AvgIpc) is 2.36. The Morgan fingerprint density at radius 2 is 2.50 bits per heavy atom. The summed E-state index contributed by atoms with van der Waals surface area (Å²) in [4.78, 5) is 12.3. The number of fused-ring (bicyclic) bond motifs is 2. The van der Waals surface area contributed by atoms with Crippen LogP contribution < -0.4 is 0 Å². The number of ether oxygens (including phenoxy) is 1. The molecule has 0 aromatic rings. The first-order chi connectivity index (χ1) is 6.74. The van der Waals surface area contributed by atoms with Gasteiger partial charge in [-0.05, 0) is 12.0 Å². The van der Waals surface area contributed by atoms with Crippen LogP contribution in [0.3, 0.4) is 0 Å². The van der Waals surface area contributed by atoms with Gasteiger partial charge in [-0.25, -0.2) is 4.79 Å². The van der Waals surface area contributed by atoms with Crippen molar-refractivity contribution in [2.24, 2.45) is 0 Å². The van der Waals surface area contributed by atoms with Crippen molar-refractivity contribution < 1.29 is 14.6 Å². The number of hydrogen-bond donors (Lipinski definition) is 1. The minimum atomic E-state index is -0.926. The molecule has 0 radical (unpaired) electrons. The number of carboxylic acid groups (broad SMARTS) is 1. The van der Waals surface area contributed by atoms with E-state index < -0.39 is 6.09 Å². The molecule has 0 saturated carbocycles. The molecule has 0 spiro atoms. The number of allylic oxidation sites excluding steroid dienone is 1. The first-order valence-electron chi connectivity index (χ1n) is 4.41. The third-order valence-electron chi connectivity index (χ3n) is 2.69. The second kappa shape index (κ2) is 3.31. The van der Waals surface area contributed by atoms with Crippen molar-refractivity contribution in [3.63, 3.8) is 0 Å². The van der Waals surface area contributed by atoms with Crippen molar-refractivity contribution in [1.29, 1.82) is 5.26 Å². The highest BCUT2D eigenvalue weighted by Gasteiger charge is 2.43. The summed E-state index contributed by atoms with van der Waals surface area (Å²) in [7, 11) is 0. The zero-order chi connectivity index (χ0) is 10.1. The van der Waals surface area contributed by atoms with E-state index in [4.69, 9.17) is 15.1 Å². The van der Waals surface area contributed by atoms with Gasteiger partial charge >= 0.3 is 6.09 Å². The lowest BCUT2D eigenvalue weighted by atomic mass is 10.1. The summed E-state index contributed by atoms with van der Waals surface area (Å²) < 4.78 is 5.26. The predicted molar refractivity (Wildman–Crippen MR) is 46.6 cm³/mol. The molecule has 2 bridgehead atoms. The Balaban J connectivity index is 2.28. The zero-order valence-corrected chi connectivity index (χ0v) is 7.51. The second-order valence-corrected chi connectivity index (χ2v) is 3.45. The molecule has 0 aromatic carbocycles. The third-order valence-corrected chi connectivity index (χ3v) is 2.69. The molecule has 2 saturated heterocycles. The number of amides is 1. The van der Waals surface area contributed by atoms with Crippen LogP contribution in [0.25, 0.3) is 0 Å². The second-order valence-electron chi connectivity index (χ2n) is 3.45. The monoisotopic (exact) mass is 194 g/mol. The van der Waals surface area contributed by atoms with Crippen LogP contribution in [0.15, 0.2) is 11.6 Å². The van der Waals surface area contributed by atoms with Gasteiger partial charge in [0.25, 0.3) is 0 Å². The highest BCUT2D eigenvalue weighted by molar-refractivity contribution is 5.68. The van der Waals surface area contributed by atoms with Crippen molar-refractivity contribution in [1.82, 2.24) is 4.90 Å². The summed E-state index contributed by atoms with van der Waals surface area (Å²) in [6.45, 7) is 0.807. The van der Waals surface area contributed by atoms with Crippen molar-refractivity contribution in [3.05, 3.63) is 11.6 Å². The van der Waals surface area contributed by atoms with Gasteiger partial charge in [0.1, 0.15) is 0 Å². The number of rotatable bonds is 0. The molecule has 14 heavy (non-hydrogen) atoms. The Kier molecular flexibility index (Phi) is 2.14. The third kappa shape index (κ3) is 1.24. The molecular weight excluding hydrogens is 184 g/mol. The topological polar surface area (TPSA) is 73.6 Å². The van der Waals surface area contributed by atoms with Gasteiger partial charge in [0.05, 0.1) is 31.4 Å². The van der Waals surface area contributed by atoms with E-state index in [1.54, 1.807) is 0 Å². The van der Waals surface area contributed by atoms with Crippen LogP contribution in [0.1, 0.15) is 6.42 Å². The maximum atomic E-state index is 10.9. The van der Waals surface area contributed by atoms with Crippen LogP contribution in [0.2, 0.25) is 0 Å². The number of hydrogen-bond acceptors (Lipinski definition) is 3. The maximum absolute atomic E-state index is 10.9. The molecule has 0 aromatic heterocycles. The van der Waals surface area contributed by atoms with Crippen molar-refractivity contribution in [2.75, 3.05) is 13.2 Å². The molecule has 5 heteroatoms. The normalized spacial score (nSPS) is 33.1. The highest BCUT2D eigenvalue weighted by atomic mass is 16.5. The van der Waals surface area contributed by atoms with Gasteiger partial charge in [-0.1, -0.05) is 0 Å². The Morgan fingerprint density at radius 3 is 3.07 bits per heavy atom. The minimum Gasteiger partial charge on any atom is -0.465 e. The van der Waals surface area contributed by atoms with E-state index in [2.05, 4.69) is 0 Å². The van der Waals surface area contributed by atoms with Crippen LogP contribution in [0.4, 0.5) is 4.79 Å². The first-order valence-corrected chi connectivity index (χ1v) is 4.41. The fourth-order valence-corrected chi connectivity index (χ4v) is 2.11. The molecule has 2 heterocycles. The lowest BCUT2D eigenvalue weighted by molar-refractivity contribution is -0.00218. The number of carbonyl (C=O) groups is 1. The Hall–Kier alpha value is -1.54. The fraction of sp³-hybridized carbons (Fsp3) is 0.556. The summed E-state index contributed by atoms with van der Waals surface area (Å²) in [5.74, 6) is 0. The summed E-state index contributed by atoms with van der Waals surface area (Å²) in [5.41, 5.74) is 0.873. The smallest absolute Gasteiger partial charge is 0.408 e. The van der Waals surface area contributed by atoms with Gasteiger partial charge in [-0.2, -0.15) is 5.26 Å². The van der Waals surface area contributed by atoms with Gasteiger partial charge < -0.3 is 9.84 Å². The van der Waals surface area contributed by atoms with Crippen LogP contribution >= 0.6 is 0 Å². The van der Waals surface area contributed by atoms with E-state index in [1.165, 1.54) is 11.0 Å². The first kappa shape index (κ1) is 9.03. The number of nitrogens with zero attached hydrogens (tertiary/aromatic N) is 2.